The number of hydrogen-bond acceptors (Lipinski definition) is 4. The van der Waals surface area contributed by atoms with Gasteiger partial charge < -0.3 is 15.3 Å². The van der Waals surface area contributed by atoms with E-state index in [1.54, 1.807) is 12.2 Å². The van der Waals surface area contributed by atoms with Crippen molar-refractivity contribution in [1.82, 2.24) is 0 Å². The van der Waals surface area contributed by atoms with Crippen LogP contribution in [0.5, 0.6) is 0 Å². The van der Waals surface area contributed by atoms with Gasteiger partial charge >= 0.3 is 5.97 Å². The molecule has 0 aliphatic heterocycles. The number of aliphatic carboxylic acids is 1. The van der Waals surface area contributed by atoms with Crippen LogP contribution in [0.1, 0.15) is 71.6 Å². The highest BCUT2D eigenvalue weighted by atomic mass is 16.4. The summed E-state index contributed by atoms with van der Waals surface area (Å²) >= 11 is 0. The van der Waals surface area contributed by atoms with Crippen LogP contribution in [0.15, 0.2) is 24.3 Å². The fraction of sp³-hybridized carbons (Fsp3) is 0.727. The van der Waals surface area contributed by atoms with Gasteiger partial charge in [-0.1, -0.05) is 57.8 Å². The Morgan fingerprint density at radius 3 is 2.70 bits per heavy atom. The molecule has 1 aliphatic carbocycles. The van der Waals surface area contributed by atoms with Crippen molar-refractivity contribution >= 4 is 11.8 Å². The minimum Gasteiger partial charge on any atom is -0.478 e. The summed E-state index contributed by atoms with van der Waals surface area (Å²) < 4.78 is 0. The molecule has 1 rings (SSSR count). The summed E-state index contributed by atoms with van der Waals surface area (Å²) in [5.41, 5.74) is 0. The molecule has 0 aromatic rings. The molecule has 0 radical (unpaired) electrons. The monoisotopic (exact) mass is 380 g/mol. The van der Waals surface area contributed by atoms with Gasteiger partial charge in [-0.15, -0.1) is 0 Å². The van der Waals surface area contributed by atoms with Gasteiger partial charge in [-0.05, 0) is 31.6 Å². The molecule has 0 spiro atoms. The summed E-state index contributed by atoms with van der Waals surface area (Å²) in [5.74, 6) is -0.840. The molecule has 0 amide bonds. The number of rotatable bonds is 13. The smallest absolute Gasteiger partial charge is 0.327 e. The van der Waals surface area contributed by atoms with Gasteiger partial charge in [-0.25, -0.2) is 4.79 Å². The van der Waals surface area contributed by atoms with Gasteiger partial charge in [0.15, 0.2) is 0 Å². The molecule has 5 nitrogen and oxygen atoms in total. The lowest BCUT2D eigenvalue weighted by Gasteiger charge is -2.18. The van der Waals surface area contributed by atoms with Crippen LogP contribution in [-0.2, 0) is 9.59 Å². The quantitative estimate of drug-likeness (QED) is 0.256. The van der Waals surface area contributed by atoms with Crippen molar-refractivity contribution in [2.24, 2.45) is 17.8 Å². The van der Waals surface area contributed by atoms with Crippen LogP contribution < -0.4 is 0 Å². The van der Waals surface area contributed by atoms with E-state index in [1.165, 1.54) is 0 Å². The van der Waals surface area contributed by atoms with E-state index in [-0.39, 0.29) is 24.0 Å². The van der Waals surface area contributed by atoms with Crippen LogP contribution in [-0.4, -0.2) is 39.3 Å². The third kappa shape index (κ3) is 9.34. The number of aliphatic hydroxyl groups excluding tert-OH is 2. The molecule has 0 heterocycles. The minimum atomic E-state index is -0.947. The largest absolute Gasteiger partial charge is 0.478 e. The highest BCUT2D eigenvalue weighted by molar-refractivity contribution is 5.84. The minimum absolute atomic E-state index is 0.0871. The predicted octanol–water partition coefficient (Wildman–Crippen LogP) is 3.89. The first-order chi connectivity index (χ1) is 12.8. The zero-order valence-electron chi connectivity index (χ0n) is 16.7. The Bertz CT molecular complexity index is 511. The summed E-state index contributed by atoms with van der Waals surface area (Å²) in [7, 11) is 0. The lowest BCUT2D eigenvalue weighted by Crippen LogP contribution is -2.19. The van der Waals surface area contributed by atoms with Crippen molar-refractivity contribution in [3.8, 4) is 0 Å². The first kappa shape index (κ1) is 23.6. The summed E-state index contributed by atoms with van der Waals surface area (Å²) in [5, 5.41) is 29.0. The predicted molar refractivity (Wildman–Crippen MR) is 106 cm³/mol. The molecule has 0 saturated heterocycles. The maximum Gasteiger partial charge on any atom is 0.327 e. The third-order valence-corrected chi connectivity index (χ3v) is 5.38. The first-order valence-corrected chi connectivity index (χ1v) is 10.3. The molecule has 3 N–H and O–H groups in total. The Morgan fingerprint density at radius 1 is 1.30 bits per heavy atom. The van der Waals surface area contributed by atoms with E-state index in [0.29, 0.717) is 25.2 Å². The van der Waals surface area contributed by atoms with Crippen molar-refractivity contribution in [1.29, 1.82) is 0 Å². The van der Waals surface area contributed by atoms with Gasteiger partial charge in [-0.2, -0.15) is 0 Å². The molecule has 1 saturated carbocycles. The van der Waals surface area contributed by atoms with Gasteiger partial charge in [0, 0.05) is 24.3 Å². The lowest BCUT2D eigenvalue weighted by molar-refractivity contribution is -0.131. The second kappa shape index (κ2) is 12.8. The number of Topliss-reactive ketones (excluding diaryl/α,β-unsaturated/α-hetero) is 1. The van der Waals surface area contributed by atoms with E-state index in [4.69, 9.17) is 5.11 Å². The average molecular weight is 381 g/mol. The Kier molecular flexibility index (Phi) is 11.2. The fourth-order valence-electron chi connectivity index (χ4n) is 3.82. The second-order valence-electron chi connectivity index (χ2n) is 7.88. The molecule has 1 unspecified atom stereocenters. The Morgan fingerprint density at radius 2 is 2.04 bits per heavy atom. The molecule has 0 aromatic carbocycles. The van der Waals surface area contributed by atoms with Crippen molar-refractivity contribution < 1.29 is 24.9 Å². The van der Waals surface area contributed by atoms with Crippen LogP contribution >= 0.6 is 0 Å². The SMILES string of the molecule is CCCC[C@H](C)CC(O)/C=C/[C@H]1[C@@H](O)CC(=O)[C@@H]1CCCC/C=C/C(=O)O. The number of carboxylic acid groups (broad SMARTS) is 1. The number of aliphatic hydroxyl groups is 2. The zero-order chi connectivity index (χ0) is 20.2. The summed E-state index contributed by atoms with van der Waals surface area (Å²) in [4.78, 5) is 22.6. The Labute approximate surface area is 163 Å². The zero-order valence-corrected chi connectivity index (χ0v) is 16.7. The lowest BCUT2D eigenvalue weighted by atomic mass is 9.88. The standard InChI is InChI=1S/C22H36O5/c1-3-4-9-16(2)14-17(23)12-13-19-18(20(24)15-21(19)25)10-7-5-6-8-11-22(26)27/h8,11-13,16-19,21,23,25H,3-7,9-10,14-15H2,1-2H3,(H,26,27)/b11-8+,13-12+/t16-,17?,18+,19+,21-/m0/s1. The van der Waals surface area contributed by atoms with Crippen molar-refractivity contribution in [3.05, 3.63) is 24.3 Å². The number of ketones is 1. The van der Waals surface area contributed by atoms with Gasteiger partial charge in [0.1, 0.15) is 5.78 Å². The maximum atomic E-state index is 12.2. The van der Waals surface area contributed by atoms with Crippen LogP contribution in [0, 0.1) is 17.8 Å². The molecule has 1 aliphatic rings. The van der Waals surface area contributed by atoms with Gasteiger partial charge in [-0.3, -0.25) is 4.79 Å². The summed E-state index contributed by atoms with van der Waals surface area (Å²) in [6.07, 6.45) is 12.4. The number of carbonyl (C=O) groups is 2. The Balaban J connectivity index is 2.47. The highest BCUT2D eigenvalue weighted by Crippen LogP contribution is 2.34. The molecule has 5 atom stereocenters. The fourth-order valence-corrected chi connectivity index (χ4v) is 3.82. The maximum absolute atomic E-state index is 12.2. The van der Waals surface area contributed by atoms with E-state index in [9.17, 15) is 19.8 Å². The van der Waals surface area contributed by atoms with Crippen molar-refractivity contribution in [2.75, 3.05) is 0 Å². The highest BCUT2D eigenvalue weighted by Gasteiger charge is 2.39. The summed E-state index contributed by atoms with van der Waals surface area (Å²) in [6.45, 7) is 4.30. The molecule has 0 aromatic heterocycles. The molecule has 1 fully saturated rings. The van der Waals surface area contributed by atoms with Crippen LogP contribution in [0.4, 0.5) is 0 Å². The number of carbonyl (C=O) groups excluding carboxylic acids is 1. The third-order valence-electron chi connectivity index (χ3n) is 5.38. The van der Waals surface area contributed by atoms with E-state index in [0.717, 1.165) is 38.2 Å². The molecule has 5 heteroatoms. The second-order valence-corrected chi connectivity index (χ2v) is 7.88. The van der Waals surface area contributed by atoms with E-state index in [2.05, 4.69) is 13.8 Å². The first-order valence-electron chi connectivity index (χ1n) is 10.3. The summed E-state index contributed by atoms with van der Waals surface area (Å²) in [6, 6.07) is 0. The number of unbranched alkanes of at least 4 members (excludes halogenated alkanes) is 3. The molecular formula is C22H36O5. The van der Waals surface area contributed by atoms with Gasteiger partial charge in [0.05, 0.1) is 12.2 Å². The molecule has 154 valence electrons. The van der Waals surface area contributed by atoms with Gasteiger partial charge in [0.2, 0.25) is 0 Å². The number of carboxylic acids is 1. The normalized spacial score (nSPS) is 25.5. The molecular weight excluding hydrogens is 344 g/mol. The van der Waals surface area contributed by atoms with Gasteiger partial charge in [0.25, 0.3) is 0 Å². The van der Waals surface area contributed by atoms with Crippen LogP contribution in [0.25, 0.3) is 0 Å². The van der Waals surface area contributed by atoms with E-state index < -0.39 is 18.2 Å². The average Bonchev–Trinajstić information content (AvgIpc) is 2.87. The molecule has 0 bridgehead atoms. The van der Waals surface area contributed by atoms with Crippen LogP contribution in [0.3, 0.4) is 0 Å². The molecule has 27 heavy (non-hydrogen) atoms. The Hall–Kier alpha value is -1.46. The van der Waals surface area contributed by atoms with E-state index >= 15 is 0 Å². The number of allylic oxidation sites excluding steroid dienone is 1. The van der Waals surface area contributed by atoms with E-state index in [1.807, 2.05) is 6.08 Å². The number of hydrogen-bond donors (Lipinski definition) is 3. The van der Waals surface area contributed by atoms with Crippen LogP contribution in [0.2, 0.25) is 0 Å². The topological polar surface area (TPSA) is 94.8 Å². The van der Waals surface area contributed by atoms with Crippen molar-refractivity contribution in [3.63, 3.8) is 0 Å². The van der Waals surface area contributed by atoms with Crippen molar-refractivity contribution in [2.45, 2.75) is 83.8 Å².